The first kappa shape index (κ1) is 19.8. The lowest BCUT2D eigenvalue weighted by Crippen LogP contribution is -2.30. The Kier molecular flexibility index (Phi) is 5.83. The molecule has 2 aromatic carbocycles. The van der Waals surface area contributed by atoms with E-state index < -0.39 is 16.1 Å². The summed E-state index contributed by atoms with van der Waals surface area (Å²) in [4.78, 5) is 12.3. The molecule has 1 atom stereocenters. The highest BCUT2D eigenvalue weighted by Gasteiger charge is 2.28. The van der Waals surface area contributed by atoms with Gasteiger partial charge in [0.15, 0.2) is 6.10 Å². The highest BCUT2D eigenvalue weighted by molar-refractivity contribution is 7.93. The molecule has 1 fully saturated rings. The maximum absolute atomic E-state index is 12.3. The Labute approximate surface area is 168 Å². The van der Waals surface area contributed by atoms with Crippen molar-refractivity contribution in [3.63, 3.8) is 0 Å². The summed E-state index contributed by atoms with van der Waals surface area (Å²) in [5.41, 5.74) is 1.13. The fraction of sp³-hybridized carbons (Fsp3) is 0.278. The van der Waals surface area contributed by atoms with E-state index in [0.717, 1.165) is 0 Å². The van der Waals surface area contributed by atoms with Crippen LogP contribution in [-0.4, -0.2) is 32.7 Å². The molecular weight excluding hydrogens is 411 g/mol. The Bertz CT molecular complexity index is 948. The Morgan fingerprint density at radius 2 is 1.89 bits per heavy atom. The Hall–Kier alpha value is -1.96. The zero-order valence-electron chi connectivity index (χ0n) is 14.5. The van der Waals surface area contributed by atoms with Crippen LogP contribution < -0.4 is 14.4 Å². The fourth-order valence-electron chi connectivity index (χ4n) is 2.70. The van der Waals surface area contributed by atoms with Crippen molar-refractivity contribution in [2.24, 2.45) is 0 Å². The zero-order chi connectivity index (χ0) is 19.6. The Morgan fingerprint density at radius 1 is 1.19 bits per heavy atom. The summed E-state index contributed by atoms with van der Waals surface area (Å²) in [6.45, 7) is 2.08. The lowest BCUT2D eigenvalue weighted by atomic mass is 10.2. The van der Waals surface area contributed by atoms with Crippen LogP contribution in [0.3, 0.4) is 0 Å². The second-order valence-electron chi connectivity index (χ2n) is 6.11. The Morgan fingerprint density at radius 3 is 2.48 bits per heavy atom. The van der Waals surface area contributed by atoms with Crippen molar-refractivity contribution in [3.8, 4) is 5.75 Å². The summed E-state index contributed by atoms with van der Waals surface area (Å²) < 4.78 is 30.9. The minimum Gasteiger partial charge on any atom is -0.479 e. The van der Waals surface area contributed by atoms with E-state index in [1.807, 2.05) is 0 Å². The number of sulfonamides is 1. The molecule has 1 saturated heterocycles. The van der Waals surface area contributed by atoms with Gasteiger partial charge in [-0.2, -0.15) is 0 Å². The SMILES string of the molecule is CC(Oc1ccc(Cl)cc1Cl)C(=O)Nc1ccc(N2CCCS2(=O)=O)cc1. The molecule has 1 amide bonds. The molecule has 9 heteroatoms. The number of amides is 1. The first-order valence-corrected chi connectivity index (χ1v) is 10.7. The van der Waals surface area contributed by atoms with E-state index in [2.05, 4.69) is 5.32 Å². The van der Waals surface area contributed by atoms with Crippen LogP contribution in [0.5, 0.6) is 5.75 Å². The molecule has 1 aliphatic rings. The molecule has 0 radical (unpaired) electrons. The van der Waals surface area contributed by atoms with Crippen LogP contribution in [0, 0.1) is 0 Å². The van der Waals surface area contributed by atoms with Crippen LogP contribution in [0.15, 0.2) is 42.5 Å². The predicted molar refractivity (Wildman–Crippen MR) is 107 cm³/mol. The van der Waals surface area contributed by atoms with Gasteiger partial charge in [0.2, 0.25) is 10.0 Å². The second kappa shape index (κ2) is 7.96. The molecule has 1 N–H and O–H groups in total. The quantitative estimate of drug-likeness (QED) is 0.782. The number of nitrogens with zero attached hydrogens (tertiary/aromatic N) is 1. The number of anilines is 2. The van der Waals surface area contributed by atoms with Crippen LogP contribution in [0.2, 0.25) is 10.0 Å². The lowest BCUT2D eigenvalue weighted by molar-refractivity contribution is -0.122. The van der Waals surface area contributed by atoms with Crippen LogP contribution in [0.25, 0.3) is 0 Å². The second-order valence-corrected chi connectivity index (χ2v) is 8.97. The van der Waals surface area contributed by atoms with E-state index in [1.165, 1.54) is 10.4 Å². The summed E-state index contributed by atoms with van der Waals surface area (Å²) in [7, 11) is -3.23. The number of hydrogen-bond acceptors (Lipinski definition) is 4. The molecule has 0 aliphatic carbocycles. The standard InChI is InChI=1S/C18H18Cl2N2O4S/c1-12(26-17-8-3-13(19)11-16(17)20)18(23)21-14-4-6-15(7-5-14)22-9-2-10-27(22,24)25/h3-8,11-12H,2,9-10H2,1H3,(H,21,23). The number of halogens is 2. The Balaban J connectivity index is 1.63. The highest BCUT2D eigenvalue weighted by atomic mass is 35.5. The van der Waals surface area contributed by atoms with Crippen LogP contribution in [-0.2, 0) is 14.8 Å². The van der Waals surface area contributed by atoms with Gasteiger partial charge in [0.25, 0.3) is 5.91 Å². The summed E-state index contributed by atoms with van der Waals surface area (Å²) in [6, 6.07) is 11.4. The third kappa shape index (κ3) is 4.66. The van der Waals surface area contributed by atoms with E-state index in [9.17, 15) is 13.2 Å². The van der Waals surface area contributed by atoms with E-state index in [1.54, 1.807) is 43.3 Å². The van der Waals surface area contributed by atoms with Crippen LogP contribution in [0.4, 0.5) is 11.4 Å². The summed E-state index contributed by atoms with van der Waals surface area (Å²) in [5.74, 6) is 0.161. The van der Waals surface area contributed by atoms with Gasteiger partial charge in [-0.25, -0.2) is 8.42 Å². The van der Waals surface area contributed by atoms with E-state index in [0.29, 0.717) is 40.1 Å². The number of ether oxygens (including phenoxy) is 1. The van der Waals surface area contributed by atoms with Crippen LogP contribution in [0.1, 0.15) is 13.3 Å². The first-order valence-electron chi connectivity index (χ1n) is 8.29. The number of carbonyl (C=O) groups is 1. The molecule has 0 aromatic heterocycles. The monoisotopic (exact) mass is 428 g/mol. The van der Waals surface area contributed by atoms with Crippen molar-refractivity contribution < 1.29 is 17.9 Å². The molecule has 27 heavy (non-hydrogen) atoms. The molecule has 0 bridgehead atoms. The first-order chi connectivity index (χ1) is 12.8. The third-order valence-electron chi connectivity index (χ3n) is 4.09. The van der Waals surface area contributed by atoms with Gasteiger partial charge < -0.3 is 10.1 Å². The zero-order valence-corrected chi connectivity index (χ0v) is 16.8. The van der Waals surface area contributed by atoms with Gasteiger partial charge in [-0.1, -0.05) is 23.2 Å². The maximum Gasteiger partial charge on any atom is 0.265 e. The maximum atomic E-state index is 12.3. The third-order valence-corrected chi connectivity index (χ3v) is 6.49. The van der Waals surface area contributed by atoms with Gasteiger partial charge in [0, 0.05) is 17.3 Å². The molecule has 6 nitrogen and oxygen atoms in total. The topological polar surface area (TPSA) is 75.7 Å². The molecule has 0 spiro atoms. The van der Waals surface area contributed by atoms with Crippen molar-refractivity contribution in [1.29, 1.82) is 0 Å². The van der Waals surface area contributed by atoms with Gasteiger partial charge in [-0.05, 0) is 55.8 Å². The average Bonchev–Trinajstić information content (AvgIpc) is 2.97. The van der Waals surface area contributed by atoms with E-state index in [4.69, 9.17) is 27.9 Å². The molecule has 3 rings (SSSR count). The van der Waals surface area contributed by atoms with E-state index >= 15 is 0 Å². The fourth-order valence-corrected chi connectivity index (χ4v) is 4.72. The van der Waals surface area contributed by atoms with Crippen molar-refractivity contribution in [3.05, 3.63) is 52.5 Å². The lowest BCUT2D eigenvalue weighted by Gasteiger charge is -2.18. The molecule has 1 heterocycles. The summed E-state index contributed by atoms with van der Waals surface area (Å²) in [5, 5.41) is 3.52. The van der Waals surface area contributed by atoms with Gasteiger partial charge >= 0.3 is 0 Å². The normalized spacial score (nSPS) is 16.8. The molecule has 1 aliphatic heterocycles. The van der Waals surface area contributed by atoms with E-state index in [-0.39, 0.29) is 11.7 Å². The minimum atomic E-state index is -3.23. The molecule has 2 aromatic rings. The smallest absolute Gasteiger partial charge is 0.265 e. The highest BCUT2D eigenvalue weighted by Crippen LogP contribution is 2.29. The number of carbonyl (C=O) groups excluding carboxylic acids is 1. The molecule has 0 saturated carbocycles. The van der Waals surface area contributed by atoms with Gasteiger partial charge in [-0.3, -0.25) is 9.10 Å². The van der Waals surface area contributed by atoms with Crippen molar-refractivity contribution in [2.45, 2.75) is 19.4 Å². The predicted octanol–water partition coefficient (Wildman–Crippen LogP) is 3.94. The van der Waals surface area contributed by atoms with Gasteiger partial charge in [-0.15, -0.1) is 0 Å². The number of nitrogens with one attached hydrogen (secondary N) is 1. The average molecular weight is 429 g/mol. The largest absolute Gasteiger partial charge is 0.479 e. The molecule has 1 unspecified atom stereocenters. The van der Waals surface area contributed by atoms with Gasteiger partial charge in [0.05, 0.1) is 16.5 Å². The number of rotatable bonds is 5. The summed E-state index contributed by atoms with van der Waals surface area (Å²) >= 11 is 11.9. The van der Waals surface area contributed by atoms with Crippen molar-refractivity contribution >= 4 is 50.5 Å². The molecule has 144 valence electrons. The molecular formula is C18H18Cl2N2O4S. The minimum absolute atomic E-state index is 0.160. The summed E-state index contributed by atoms with van der Waals surface area (Å²) in [6.07, 6.45) is -0.176. The van der Waals surface area contributed by atoms with Crippen molar-refractivity contribution in [1.82, 2.24) is 0 Å². The van der Waals surface area contributed by atoms with Gasteiger partial charge in [0.1, 0.15) is 5.75 Å². The van der Waals surface area contributed by atoms with Crippen LogP contribution >= 0.6 is 23.2 Å². The van der Waals surface area contributed by atoms with Crippen molar-refractivity contribution in [2.75, 3.05) is 21.9 Å². The number of benzene rings is 2. The number of hydrogen-bond donors (Lipinski definition) is 1.